The summed E-state index contributed by atoms with van der Waals surface area (Å²) < 4.78 is 73.2. The van der Waals surface area contributed by atoms with Crippen LogP contribution in [-0.2, 0) is 30.3 Å². The van der Waals surface area contributed by atoms with Crippen LogP contribution in [0.5, 0.6) is 0 Å². The molecule has 1 saturated carbocycles. The van der Waals surface area contributed by atoms with Crippen LogP contribution in [0.3, 0.4) is 0 Å². The van der Waals surface area contributed by atoms with Crippen molar-refractivity contribution >= 4 is 27.7 Å². The van der Waals surface area contributed by atoms with Crippen molar-refractivity contribution < 1.29 is 21.8 Å². The Morgan fingerprint density at radius 1 is 1.18 bits per heavy atom. The van der Waals surface area contributed by atoms with E-state index >= 15 is 4.39 Å². The Morgan fingerprint density at radius 3 is 2.48 bits per heavy atom. The van der Waals surface area contributed by atoms with Gasteiger partial charge in [-0.25, -0.2) is 18.3 Å². The van der Waals surface area contributed by atoms with Crippen LogP contribution >= 0.6 is 0 Å². The average Bonchev–Trinajstić information content (AvgIpc) is 3.49. The zero-order valence-electron chi connectivity index (χ0n) is 18.6. The van der Waals surface area contributed by atoms with Crippen LogP contribution < -0.4 is 10.5 Å². The van der Waals surface area contributed by atoms with E-state index in [-0.39, 0.29) is 34.2 Å². The maximum atomic E-state index is 15.2. The van der Waals surface area contributed by atoms with E-state index in [2.05, 4.69) is 9.71 Å². The maximum Gasteiger partial charge on any atom is 0.434 e. The normalized spacial score (nSPS) is 15.8. The zero-order chi connectivity index (χ0) is 24.1. The summed E-state index contributed by atoms with van der Waals surface area (Å²) in [7, 11) is -1.17. The molecule has 0 amide bonds. The number of pyridine rings is 1. The summed E-state index contributed by atoms with van der Waals surface area (Å²) in [6.45, 7) is 6.94. The fourth-order valence-corrected chi connectivity index (χ4v) is 4.93. The van der Waals surface area contributed by atoms with Gasteiger partial charge < -0.3 is 10.3 Å². The first-order valence-electron chi connectivity index (χ1n) is 10.6. The third-order valence-electron chi connectivity index (χ3n) is 5.40. The number of hydrogen-bond donors (Lipinski definition) is 2. The van der Waals surface area contributed by atoms with Crippen molar-refractivity contribution in [2.24, 2.45) is 5.41 Å². The van der Waals surface area contributed by atoms with E-state index < -0.39 is 28.7 Å². The van der Waals surface area contributed by atoms with Gasteiger partial charge in [0.05, 0.1) is 11.0 Å². The van der Waals surface area contributed by atoms with E-state index in [1.54, 1.807) is 0 Å². The summed E-state index contributed by atoms with van der Waals surface area (Å²) in [6.07, 6.45) is -1.11. The third kappa shape index (κ3) is 5.22. The van der Waals surface area contributed by atoms with Crippen LogP contribution in [0.4, 0.5) is 23.4 Å². The molecule has 1 aliphatic carbocycles. The van der Waals surface area contributed by atoms with Crippen molar-refractivity contribution in [2.45, 2.75) is 58.1 Å². The molecule has 2 heterocycles. The number of nitrogens with one attached hydrogen (secondary N) is 1. The number of alkyl halides is 3. The Labute approximate surface area is 192 Å². The number of aromatic nitrogens is 2. The minimum absolute atomic E-state index is 0.137. The monoisotopic (exact) mass is 482 g/mol. The molecule has 3 N–H and O–H groups in total. The molecule has 0 bridgehead atoms. The van der Waals surface area contributed by atoms with Crippen molar-refractivity contribution in [3.63, 3.8) is 0 Å². The van der Waals surface area contributed by atoms with Gasteiger partial charge in [0.2, 0.25) is 0 Å². The number of benzene rings is 1. The molecule has 1 fully saturated rings. The van der Waals surface area contributed by atoms with Gasteiger partial charge in [0.15, 0.2) is 5.69 Å². The number of nitrogen functional groups attached to an aromatic ring is 1. The molecule has 0 radical (unpaired) electrons. The maximum absolute atomic E-state index is 15.2. The highest BCUT2D eigenvalue weighted by Crippen LogP contribution is 2.39. The highest BCUT2D eigenvalue weighted by Gasteiger charge is 2.37. The average molecular weight is 483 g/mol. The first kappa shape index (κ1) is 23.7. The molecule has 1 atom stereocenters. The Kier molecular flexibility index (Phi) is 6.03. The lowest BCUT2D eigenvalue weighted by Crippen LogP contribution is -2.19. The fourth-order valence-electron chi connectivity index (χ4n) is 3.83. The molecule has 4 rings (SSSR count). The molecule has 0 saturated heterocycles. The zero-order valence-corrected chi connectivity index (χ0v) is 19.4. The molecule has 2 aromatic heterocycles. The SMILES string of the molecule is CC(C)(C)Cn1cc(CNS(=O)C2CC2)c2cc(F)c(-c3ccc(N)nc3C(F)(F)F)cc21. The molecular formula is C23H26F4N4OS. The van der Waals surface area contributed by atoms with E-state index in [0.717, 1.165) is 24.5 Å². The second-order valence-corrected chi connectivity index (χ2v) is 11.2. The molecule has 1 unspecified atom stereocenters. The topological polar surface area (TPSA) is 72.9 Å². The summed E-state index contributed by atoms with van der Waals surface area (Å²) in [4.78, 5) is 3.44. The highest BCUT2D eigenvalue weighted by atomic mass is 32.2. The lowest BCUT2D eigenvalue weighted by atomic mass is 9.96. The van der Waals surface area contributed by atoms with Crippen LogP contribution in [0.1, 0.15) is 44.9 Å². The smallest absolute Gasteiger partial charge is 0.384 e. The Bertz CT molecular complexity index is 1230. The Morgan fingerprint density at radius 2 is 1.88 bits per heavy atom. The minimum atomic E-state index is -4.79. The predicted molar refractivity (Wildman–Crippen MR) is 122 cm³/mol. The van der Waals surface area contributed by atoms with Gasteiger partial charge in [-0.2, -0.15) is 13.2 Å². The number of nitrogens with zero attached hydrogens (tertiary/aromatic N) is 2. The standard InChI is InChI=1S/C23H26F4N4OS/c1-22(2,3)12-31-11-13(10-29-33(32)14-4-5-14)16-8-18(24)17(9-19(16)31)15-6-7-20(28)30-21(15)23(25,26)27/h6-9,11,14,29H,4-5,10,12H2,1-3H3,(H2,28,30). The number of halogens is 4. The summed E-state index contributed by atoms with van der Waals surface area (Å²) in [5, 5.41) is 0.716. The summed E-state index contributed by atoms with van der Waals surface area (Å²) in [5.74, 6) is -1.08. The highest BCUT2D eigenvalue weighted by molar-refractivity contribution is 7.83. The predicted octanol–water partition coefficient (Wildman–Crippen LogP) is 5.41. The number of rotatable bonds is 6. The second kappa shape index (κ2) is 8.39. The molecule has 33 heavy (non-hydrogen) atoms. The van der Waals surface area contributed by atoms with Crippen LogP contribution in [0.2, 0.25) is 0 Å². The molecule has 10 heteroatoms. The molecule has 1 aromatic carbocycles. The minimum Gasteiger partial charge on any atom is -0.384 e. The van der Waals surface area contributed by atoms with Gasteiger partial charge in [-0.15, -0.1) is 0 Å². The van der Waals surface area contributed by atoms with E-state index in [9.17, 15) is 17.4 Å². The van der Waals surface area contributed by atoms with Gasteiger partial charge in [0.25, 0.3) is 0 Å². The number of fused-ring (bicyclic) bond motifs is 1. The summed E-state index contributed by atoms with van der Waals surface area (Å²) >= 11 is 0. The molecule has 1 aliphatic rings. The van der Waals surface area contributed by atoms with Gasteiger partial charge in [-0.05, 0) is 48.1 Å². The summed E-state index contributed by atoms with van der Waals surface area (Å²) in [5.41, 5.74) is 4.88. The first-order chi connectivity index (χ1) is 15.3. The lowest BCUT2D eigenvalue weighted by Gasteiger charge is -2.20. The molecule has 178 valence electrons. The van der Waals surface area contributed by atoms with E-state index in [0.29, 0.717) is 17.4 Å². The molecule has 0 aliphatic heterocycles. The third-order valence-corrected chi connectivity index (χ3v) is 6.91. The second-order valence-electron chi connectivity index (χ2n) is 9.64. The number of nitrogens with two attached hydrogens (primary N) is 1. The fraction of sp³-hybridized carbons (Fsp3) is 0.435. The van der Waals surface area contributed by atoms with Crippen molar-refractivity contribution in [2.75, 3.05) is 5.73 Å². The lowest BCUT2D eigenvalue weighted by molar-refractivity contribution is -0.140. The van der Waals surface area contributed by atoms with Gasteiger partial charge in [0.1, 0.15) is 11.6 Å². The molecule has 0 spiro atoms. The number of anilines is 1. The Balaban J connectivity index is 1.84. The molecule has 5 nitrogen and oxygen atoms in total. The van der Waals surface area contributed by atoms with Crippen molar-refractivity contribution in [1.29, 1.82) is 0 Å². The first-order valence-corrected chi connectivity index (χ1v) is 11.8. The van der Waals surface area contributed by atoms with Crippen molar-refractivity contribution in [3.8, 4) is 11.1 Å². The van der Waals surface area contributed by atoms with E-state index in [1.165, 1.54) is 18.2 Å². The largest absolute Gasteiger partial charge is 0.434 e. The van der Waals surface area contributed by atoms with E-state index in [4.69, 9.17) is 5.73 Å². The molecule has 3 aromatic rings. The van der Waals surface area contributed by atoms with Crippen LogP contribution in [0, 0.1) is 11.2 Å². The van der Waals surface area contributed by atoms with Crippen LogP contribution in [-0.4, -0.2) is 19.0 Å². The Hall–Kier alpha value is -2.46. The quantitative estimate of drug-likeness (QED) is 0.462. The van der Waals surface area contributed by atoms with Gasteiger partial charge in [-0.1, -0.05) is 20.8 Å². The molecular weight excluding hydrogens is 456 g/mol. The number of hydrogen-bond acceptors (Lipinski definition) is 3. The van der Waals surface area contributed by atoms with E-state index in [1.807, 2.05) is 31.5 Å². The van der Waals surface area contributed by atoms with Gasteiger partial charge in [-0.3, -0.25) is 0 Å². The van der Waals surface area contributed by atoms with Crippen molar-refractivity contribution in [1.82, 2.24) is 14.3 Å². The van der Waals surface area contributed by atoms with Gasteiger partial charge in [0, 0.05) is 46.6 Å². The summed E-state index contributed by atoms with van der Waals surface area (Å²) in [6, 6.07) is 5.05. The van der Waals surface area contributed by atoms with Crippen LogP contribution in [0.25, 0.3) is 22.0 Å². The van der Waals surface area contributed by atoms with Crippen molar-refractivity contribution in [3.05, 3.63) is 47.5 Å². The van der Waals surface area contributed by atoms with Gasteiger partial charge >= 0.3 is 6.18 Å². The van der Waals surface area contributed by atoms with Crippen LogP contribution in [0.15, 0.2) is 30.5 Å².